The van der Waals surface area contributed by atoms with Gasteiger partial charge in [0.1, 0.15) is 23.7 Å². The molecule has 1 aromatic heterocycles. The number of nitrogens with zero attached hydrogens (tertiary/aromatic N) is 2. The van der Waals surface area contributed by atoms with Crippen molar-refractivity contribution in [3.05, 3.63) is 52.2 Å². The van der Waals surface area contributed by atoms with Crippen LogP contribution in [0.25, 0.3) is 0 Å². The molecule has 0 saturated heterocycles. The van der Waals surface area contributed by atoms with Gasteiger partial charge in [0.2, 0.25) is 5.91 Å². The maximum atomic E-state index is 12.3. The number of amides is 1. The Morgan fingerprint density at radius 1 is 1.25 bits per heavy atom. The van der Waals surface area contributed by atoms with E-state index in [1.807, 2.05) is 0 Å². The number of hydrogen-bond donors (Lipinski definition) is 1. The van der Waals surface area contributed by atoms with Crippen LogP contribution in [0.3, 0.4) is 0 Å². The van der Waals surface area contributed by atoms with Crippen molar-refractivity contribution >= 4 is 17.6 Å². The number of aromatic nitrogens is 2. The van der Waals surface area contributed by atoms with Crippen molar-refractivity contribution in [3.8, 4) is 5.75 Å². The summed E-state index contributed by atoms with van der Waals surface area (Å²) in [6.07, 6.45) is 1.14. The van der Waals surface area contributed by atoms with Crippen molar-refractivity contribution in [1.29, 1.82) is 0 Å². The molecule has 8 heteroatoms. The molecular weight excluding hydrogens is 314 g/mol. The summed E-state index contributed by atoms with van der Waals surface area (Å²) in [6, 6.07) is 6.89. The number of aryl methyl sites for hydroxylation is 1. The molecule has 126 valence electrons. The average Bonchev–Trinajstić information content (AvgIpc) is 2.58. The Morgan fingerprint density at radius 2 is 1.96 bits per heavy atom. The van der Waals surface area contributed by atoms with Crippen molar-refractivity contribution in [3.63, 3.8) is 0 Å². The molecule has 0 aliphatic carbocycles. The number of rotatable bonds is 5. The van der Waals surface area contributed by atoms with Gasteiger partial charge in [-0.05, 0) is 19.1 Å². The summed E-state index contributed by atoms with van der Waals surface area (Å²) in [6.45, 7) is 1.28. The number of nitrogens with one attached hydrogen (secondary N) is 1. The van der Waals surface area contributed by atoms with Crippen LogP contribution in [-0.2, 0) is 16.1 Å². The monoisotopic (exact) mass is 331 g/mol. The number of hydrogen-bond acceptors (Lipinski definition) is 6. The standard InChI is InChI=1S/C16H17N3O5/c1-10-17-8-11(16(22)24-3)15(21)19(10)9-14(20)18-12-6-4-5-7-13(12)23-2/h4-8H,9H2,1-3H3,(H,18,20). The molecule has 0 fully saturated rings. The molecule has 0 aliphatic rings. The van der Waals surface area contributed by atoms with Gasteiger partial charge in [-0.1, -0.05) is 12.1 Å². The van der Waals surface area contributed by atoms with Crippen molar-refractivity contribution in [2.75, 3.05) is 19.5 Å². The van der Waals surface area contributed by atoms with E-state index >= 15 is 0 Å². The van der Waals surface area contributed by atoms with Crippen LogP contribution in [0, 0.1) is 6.92 Å². The maximum absolute atomic E-state index is 12.3. The lowest BCUT2D eigenvalue weighted by molar-refractivity contribution is -0.116. The smallest absolute Gasteiger partial charge is 0.345 e. The molecule has 2 aromatic rings. The third kappa shape index (κ3) is 3.60. The fraction of sp³-hybridized carbons (Fsp3) is 0.250. The Hall–Kier alpha value is -3.16. The van der Waals surface area contributed by atoms with Crippen LogP contribution >= 0.6 is 0 Å². The van der Waals surface area contributed by atoms with Gasteiger partial charge >= 0.3 is 5.97 Å². The zero-order valence-corrected chi connectivity index (χ0v) is 13.5. The number of carbonyl (C=O) groups excluding carboxylic acids is 2. The van der Waals surface area contributed by atoms with Crippen LogP contribution < -0.4 is 15.6 Å². The Labute approximate surface area is 138 Å². The first-order valence-corrected chi connectivity index (χ1v) is 7.05. The Kier molecular flexibility index (Phi) is 5.31. The molecule has 0 unspecified atom stereocenters. The number of esters is 1. The fourth-order valence-corrected chi connectivity index (χ4v) is 2.09. The normalized spacial score (nSPS) is 10.1. The first-order valence-electron chi connectivity index (χ1n) is 7.05. The Balaban J connectivity index is 2.26. The molecule has 0 atom stereocenters. The predicted octanol–water partition coefficient (Wildman–Crippen LogP) is 0.986. The van der Waals surface area contributed by atoms with E-state index in [9.17, 15) is 14.4 Å². The molecule has 0 spiro atoms. The van der Waals surface area contributed by atoms with Crippen molar-refractivity contribution in [1.82, 2.24) is 9.55 Å². The lowest BCUT2D eigenvalue weighted by atomic mass is 10.3. The molecule has 0 saturated carbocycles. The van der Waals surface area contributed by atoms with Gasteiger partial charge in [0.15, 0.2) is 0 Å². The van der Waals surface area contributed by atoms with E-state index in [0.29, 0.717) is 17.3 Å². The fourth-order valence-electron chi connectivity index (χ4n) is 2.09. The van der Waals surface area contributed by atoms with Gasteiger partial charge < -0.3 is 14.8 Å². The molecule has 24 heavy (non-hydrogen) atoms. The van der Waals surface area contributed by atoms with E-state index in [0.717, 1.165) is 10.8 Å². The maximum Gasteiger partial charge on any atom is 0.345 e. The molecule has 1 aromatic carbocycles. The van der Waals surface area contributed by atoms with Crippen molar-refractivity contribution < 1.29 is 19.1 Å². The number of carbonyl (C=O) groups is 2. The molecule has 1 heterocycles. The zero-order chi connectivity index (χ0) is 17.7. The minimum absolute atomic E-state index is 0.229. The quantitative estimate of drug-likeness (QED) is 0.820. The Bertz CT molecular complexity index is 829. The van der Waals surface area contributed by atoms with Crippen molar-refractivity contribution in [2.45, 2.75) is 13.5 Å². The number of para-hydroxylation sites is 2. The van der Waals surface area contributed by atoms with Crippen LogP contribution in [-0.4, -0.2) is 35.6 Å². The molecule has 0 bridgehead atoms. The van der Waals surface area contributed by atoms with Gasteiger partial charge in [0.25, 0.3) is 5.56 Å². The molecular formula is C16H17N3O5. The van der Waals surface area contributed by atoms with E-state index < -0.39 is 17.4 Å². The van der Waals surface area contributed by atoms with E-state index in [-0.39, 0.29) is 12.1 Å². The summed E-state index contributed by atoms with van der Waals surface area (Å²) >= 11 is 0. The molecule has 1 N–H and O–H groups in total. The van der Waals surface area contributed by atoms with Gasteiger partial charge in [-0.3, -0.25) is 14.2 Å². The van der Waals surface area contributed by atoms with Gasteiger partial charge in [0.05, 0.1) is 19.9 Å². The SMILES string of the molecule is COC(=O)c1cnc(C)n(CC(=O)Nc2ccccc2OC)c1=O. The molecule has 0 aliphatic heterocycles. The van der Waals surface area contributed by atoms with E-state index in [1.165, 1.54) is 14.2 Å². The lowest BCUT2D eigenvalue weighted by Crippen LogP contribution is -2.33. The van der Waals surface area contributed by atoms with Crippen LogP contribution in [0.15, 0.2) is 35.3 Å². The van der Waals surface area contributed by atoms with E-state index in [4.69, 9.17) is 4.74 Å². The predicted molar refractivity (Wildman–Crippen MR) is 86.2 cm³/mol. The molecule has 2 rings (SSSR count). The Morgan fingerprint density at radius 3 is 2.62 bits per heavy atom. The van der Waals surface area contributed by atoms with Gasteiger partial charge in [0, 0.05) is 6.20 Å². The van der Waals surface area contributed by atoms with E-state index in [1.54, 1.807) is 31.2 Å². The van der Waals surface area contributed by atoms with Crippen LogP contribution in [0.1, 0.15) is 16.2 Å². The highest BCUT2D eigenvalue weighted by Gasteiger charge is 2.17. The third-order valence-electron chi connectivity index (χ3n) is 3.33. The first kappa shape index (κ1) is 17.2. The van der Waals surface area contributed by atoms with Gasteiger partial charge in [-0.25, -0.2) is 9.78 Å². The summed E-state index contributed by atoms with van der Waals surface area (Å²) in [5.41, 5.74) is -0.384. The van der Waals surface area contributed by atoms with Gasteiger partial charge in [-0.2, -0.15) is 0 Å². The number of benzene rings is 1. The van der Waals surface area contributed by atoms with E-state index in [2.05, 4.69) is 15.0 Å². The zero-order valence-electron chi connectivity index (χ0n) is 13.5. The summed E-state index contributed by atoms with van der Waals surface area (Å²) in [7, 11) is 2.66. The van der Waals surface area contributed by atoms with Crippen molar-refractivity contribution in [2.24, 2.45) is 0 Å². The minimum Gasteiger partial charge on any atom is -0.495 e. The first-order chi connectivity index (χ1) is 11.5. The second-order valence-corrected chi connectivity index (χ2v) is 4.85. The number of ether oxygens (including phenoxy) is 2. The minimum atomic E-state index is -0.800. The summed E-state index contributed by atoms with van der Waals surface area (Å²) < 4.78 is 10.8. The summed E-state index contributed by atoms with van der Waals surface area (Å²) in [4.78, 5) is 40.1. The van der Waals surface area contributed by atoms with Gasteiger partial charge in [-0.15, -0.1) is 0 Å². The van der Waals surface area contributed by atoms with Crippen LogP contribution in [0.4, 0.5) is 5.69 Å². The number of anilines is 1. The topological polar surface area (TPSA) is 99.5 Å². The second-order valence-electron chi connectivity index (χ2n) is 4.85. The average molecular weight is 331 g/mol. The number of methoxy groups -OCH3 is 2. The highest BCUT2D eigenvalue weighted by molar-refractivity contribution is 5.92. The van der Waals surface area contributed by atoms with Crippen LogP contribution in [0.2, 0.25) is 0 Å². The van der Waals surface area contributed by atoms with Crippen LogP contribution in [0.5, 0.6) is 5.75 Å². The summed E-state index contributed by atoms with van der Waals surface area (Å²) in [5.74, 6) is -0.445. The lowest BCUT2D eigenvalue weighted by Gasteiger charge is -2.12. The third-order valence-corrected chi connectivity index (χ3v) is 3.33. The summed E-state index contributed by atoms with van der Waals surface area (Å²) in [5, 5.41) is 2.66. The highest BCUT2D eigenvalue weighted by atomic mass is 16.5. The molecule has 0 radical (unpaired) electrons. The molecule has 8 nitrogen and oxygen atoms in total. The largest absolute Gasteiger partial charge is 0.495 e. The highest BCUT2D eigenvalue weighted by Crippen LogP contribution is 2.22. The molecule has 1 amide bonds. The second kappa shape index (κ2) is 7.40.